The molecule has 2 N–H and O–H groups in total. The molecule has 1 rings (SSSR count). The van der Waals surface area contributed by atoms with Gasteiger partial charge in [0, 0.05) is 26.2 Å². The topological polar surface area (TPSA) is 44.9 Å². The molecule has 1 fully saturated rings. The van der Waals surface area contributed by atoms with Crippen LogP contribution in [0.25, 0.3) is 0 Å². The van der Waals surface area contributed by atoms with Gasteiger partial charge in [0.1, 0.15) is 0 Å². The molecular formula is C9H20N4. The highest BCUT2D eigenvalue weighted by atomic mass is 15.3. The fourth-order valence-electron chi connectivity index (χ4n) is 1.95. The zero-order chi connectivity index (χ0) is 10.0. The van der Waals surface area contributed by atoms with E-state index < -0.39 is 0 Å². The highest BCUT2D eigenvalue weighted by molar-refractivity contribution is 5.78. The second kappa shape index (κ2) is 3.96. The first-order valence-corrected chi connectivity index (χ1v) is 4.70. The number of nitrogens with zero attached hydrogens (tertiary/aromatic N) is 3. The van der Waals surface area contributed by atoms with Crippen LogP contribution in [0.2, 0.25) is 0 Å². The third-order valence-corrected chi connectivity index (χ3v) is 2.79. The summed E-state index contributed by atoms with van der Waals surface area (Å²) in [4.78, 5) is 8.41. The molecule has 0 aromatic heterocycles. The van der Waals surface area contributed by atoms with E-state index in [0.717, 1.165) is 13.1 Å². The largest absolute Gasteiger partial charge is 0.370 e. The first-order chi connectivity index (χ1) is 6.06. The molecule has 0 bridgehead atoms. The Balaban J connectivity index is 2.60. The van der Waals surface area contributed by atoms with Crippen LogP contribution in [0.1, 0.15) is 6.92 Å². The van der Waals surface area contributed by atoms with Gasteiger partial charge in [0.05, 0.1) is 0 Å². The highest BCUT2D eigenvalue weighted by Crippen LogP contribution is 2.19. The van der Waals surface area contributed by atoms with E-state index in [0.29, 0.717) is 17.9 Å². The predicted octanol–water partition coefficient (Wildman–Crippen LogP) is -0.187. The Bertz CT molecular complexity index is 200. The lowest BCUT2D eigenvalue weighted by molar-refractivity contribution is 0.262. The summed E-state index contributed by atoms with van der Waals surface area (Å²) in [5, 5.41) is 0. The SMILES string of the molecule is CN=C(N)N1CC(C)C(N(C)C)C1. The molecule has 76 valence electrons. The average Bonchev–Trinajstić information content (AvgIpc) is 2.46. The van der Waals surface area contributed by atoms with Gasteiger partial charge in [-0.05, 0) is 20.0 Å². The third kappa shape index (κ3) is 2.12. The minimum atomic E-state index is 0.597. The number of hydrogen-bond donors (Lipinski definition) is 1. The van der Waals surface area contributed by atoms with Crippen molar-refractivity contribution in [1.29, 1.82) is 0 Å². The van der Waals surface area contributed by atoms with E-state index >= 15 is 0 Å². The third-order valence-electron chi connectivity index (χ3n) is 2.79. The van der Waals surface area contributed by atoms with Gasteiger partial charge >= 0.3 is 0 Å². The van der Waals surface area contributed by atoms with Crippen molar-refractivity contribution >= 4 is 5.96 Å². The molecule has 1 heterocycles. The summed E-state index contributed by atoms with van der Waals surface area (Å²) < 4.78 is 0. The van der Waals surface area contributed by atoms with Crippen LogP contribution >= 0.6 is 0 Å². The van der Waals surface area contributed by atoms with Crippen molar-refractivity contribution in [3.05, 3.63) is 0 Å². The summed E-state index contributed by atoms with van der Waals surface area (Å²) in [6, 6.07) is 0.597. The first kappa shape index (κ1) is 10.3. The fraction of sp³-hybridized carbons (Fsp3) is 0.889. The van der Waals surface area contributed by atoms with Crippen molar-refractivity contribution in [3.8, 4) is 0 Å². The molecule has 0 saturated carbocycles. The average molecular weight is 184 g/mol. The van der Waals surface area contributed by atoms with Gasteiger partial charge in [0.25, 0.3) is 0 Å². The van der Waals surface area contributed by atoms with Gasteiger partial charge in [0.2, 0.25) is 0 Å². The summed E-state index contributed by atoms with van der Waals surface area (Å²) in [7, 11) is 5.97. The Hall–Kier alpha value is -0.770. The van der Waals surface area contributed by atoms with Crippen LogP contribution in [0.15, 0.2) is 4.99 Å². The molecule has 0 aromatic carbocycles. The minimum absolute atomic E-state index is 0.597. The van der Waals surface area contributed by atoms with E-state index in [1.54, 1.807) is 7.05 Å². The standard InChI is InChI=1S/C9H20N4/c1-7-5-13(9(10)11-2)6-8(7)12(3)4/h7-8H,5-6H2,1-4H3,(H2,10,11). The molecule has 4 heteroatoms. The van der Waals surface area contributed by atoms with E-state index in [1.165, 1.54) is 0 Å². The molecule has 1 aliphatic heterocycles. The number of likely N-dealkylation sites (tertiary alicyclic amines) is 1. The molecule has 0 amide bonds. The summed E-state index contributed by atoms with van der Waals surface area (Å²) in [5.74, 6) is 1.33. The van der Waals surface area contributed by atoms with Gasteiger partial charge in [-0.15, -0.1) is 0 Å². The molecule has 4 nitrogen and oxygen atoms in total. The van der Waals surface area contributed by atoms with Gasteiger partial charge in [-0.3, -0.25) is 4.99 Å². The number of guanidine groups is 1. The van der Waals surface area contributed by atoms with Crippen LogP contribution in [-0.2, 0) is 0 Å². The van der Waals surface area contributed by atoms with Crippen molar-refractivity contribution in [2.75, 3.05) is 34.2 Å². The van der Waals surface area contributed by atoms with Crippen molar-refractivity contribution in [2.24, 2.45) is 16.6 Å². The normalized spacial score (nSPS) is 30.2. The van der Waals surface area contributed by atoms with Crippen LogP contribution < -0.4 is 5.73 Å². The second-order valence-corrected chi connectivity index (χ2v) is 4.00. The zero-order valence-corrected chi connectivity index (χ0v) is 8.99. The second-order valence-electron chi connectivity index (χ2n) is 4.00. The van der Waals surface area contributed by atoms with Crippen molar-refractivity contribution < 1.29 is 0 Å². The maximum absolute atomic E-state index is 5.76. The fourth-order valence-corrected chi connectivity index (χ4v) is 1.95. The summed E-state index contributed by atoms with van der Waals surface area (Å²) in [6.07, 6.45) is 0. The van der Waals surface area contributed by atoms with Gasteiger partial charge < -0.3 is 15.5 Å². The predicted molar refractivity (Wildman–Crippen MR) is 55.8 cm³/mol. The molecular weight excluding hydrogens is 164 g/mol. The molecule has 2 unspecified atom stereocenters. The van der Waals surface area contributed by atoms with Gasteiger partial charge in [-0.2, -0.15) is 0 Å². The Kier molecular flexibility index (Phi) is 3.14. The van der Waals surface area contributed by atoms with Crippen molar-refractivity contribution in [1.82, 2.24) is 9.80 Å². The summed E-state index contributed by atoms with van der Waals surface area (Å²) in [5.41, 5.74) is 5.76. The Labute approximate surface area is 80.4 Å². The van der Waals surface area contributed by atoms with Gasteiger partial charge in [-0.25, -0.2) is 0 Å². The molecule has 0 spiro atoms. The van der Waals surface area contributed by atoms with Gasteiger partial charge in [-0.1, -0.05) is 6.92 Å². The maximum atomic E-state index is 5.76. The lowest BCUT2D eigenvalue weighted by atomic mass is 10.1. The maximum Gasteiger partial charge on any atom is 0.191 e. The lowest BCUT2D eigenvalue weighted by Crippen LogP contribution is -2.38. The Morgan fingerprint density at radius 1 is 1.46 bits per heavy atom. The number of likely N-dealkylation sites (N-methyl/N-ethyl adjacent to an activating group) is 1. The van der Waals surface area contributed by atoms with E-state index in [2.05, 4.69) is 35.8 Å². The minimum Gasteiger partial charge on any atom is -0.370 e. The van der Waals surface area contributed by atoms with E-state index in [-0.39, 0.29) is 0 Å². The molecule has 1 aliphatic rings. The van der Waals surface area contributed by atoms with Crippen LogP contribution in [0.3, 0.4) is 0 Å². The van der Waals surface area contributed by atoms with E-state index in [9.17, 15) is 0 Å². The van der Waals surface area contributed by atoms with Crippen LogP contribution in [-0.4, -0.2) is 56.0 Å². The molecule has 0 aromatic rings. The molecule has 0 aliphatic carbocycles. The highest BCUT2D eigenvalue weighted by Gasteiger charge is 2.31. The molecule has 2 atom stereocenters. The number of hydrogen-bond acceptors (Lipinski definition) is 2. The van der Waals surface area contributed by atoms with E-state index in [4.69, 9.17) is 5.73 Å². The Morgan fingerprint density at radius 3 is 2.46 bits per heavy atom. The summed E-state index contributed by atoms with van der Waals surface area (Å²) >= 11 is 0. The van der Waals surface area contributed by atoms with Crippen LogP contribution in [0, 0.1) is 5.92 Å². The van der Waals surface area contributed by atoms with Gasteiger partial charge in [0.15, 0.2) is 5.96 Å². The number of rotatable bonds is 1. The number of aliphatic imine (C=N–C) groups is 1. The van der Waals surface area contributed by atoms with E-state index in [1.807, 2.05) is 0 Å². The first-order valence-electron chi connectivity index (χ1n) is 4.70. The monoisotopic (exact) mass is 184 g/mol. The van der Waals surface area contributed by atoms with Crippen molar-refractivity contribution in [3.63, 3.8) is 0 Å². The quantitative estimate of drug-likeness (QED) is 0.454. The zero-order valence-electron chi connectivity index (χ0n) is 8.99. The Morgan fingerprint density at radius 2 is 2.08 bits per heavy atom. The van der Waals surface area contributed by atoms with Crippen LogP contribution in [0.4, 0.5) is 0 Å². The number of nitrogens with two attached hydrogens (primary N) is 1. The lowest BCUT2D eigenvalue weighted by Gasteiger charge is -2.22. The smallest absolute Gasteiger partial charge is 0.191 e. The molecule has 0 radical (unpaired) electrons. The van der Waals surface area contributed by atoms with Crippen LogP contribution in [0.5, 0.6) is 0 Å². The molecule has 1 saturated heterocycles. The summed E-state index contributed by atoms with van der Waals surface area (Å²) in [6.45, 7) is 4.27. The molecule has 13 heavy (non-hydrogen) atoms. The van der Waals surface area contributed by atoms with Crippen molar-refractivity contribution in [2.45, 2.75) is 13.0 Å².